The predicted octanol–water partition coefficient (Wildman–Crippen LogP) is 4.69. The molecule has 3 aromatic heterocycles. The first kappa shape index (κ1) is 23.5. The van der Waals surface area contributed by atoms with Gasteiger partial charge < -0.3 is 15.3 Å². The quantitative estimate of drug-likeness (QED) is 0.376. The third kappa shape index (κ3) is 4.39. The van der Waals surface area contributed by atoms with Crippen LogP contribution in [0.1, 0.15) is 51.4 Å². The Labute approximate surface area is 212 Å². The smallest absolute Gasteiger partial charge is 0.356 e. The standard InChI is InChI=1S/C26H22ClN7O2/c1-14-9-18(15(2)30-19-3-4-22(27)32-24(19)26(35)36)23-20(10-14)31-21(11-28)25(33-23)34-8-6-16-5-7-29-12-17(16)13-34/h3-5,7,9-10,12,15,30H,6,8,13H2,1-2H3,(H,35,36)/t15-/m1/s1. The van der Waals surface area contributed by atoms with Gasteiger partial charge in [-0.1, -0.05) is 17.7 Å². The van der Waals surface area contributed by atoms with Crippen LogP contribution >= 0.6 is 11.6 Å². The first-order valence-corrected chi connectivity index (χ1v) is 11.8. The normalized spacial score (nSPS) is 13.7. The molecule has 0 unspecified atom stereocenters. The lowest BCUT2D eigenvalue weighted by atomic mass is 10.0. The van der Waals surface area contributed by atoms with E-state index in [1.165, 1.54) is 11.6 Å². The molecule has 0 aliphatic carbocycles. The Bertz CT molecular complexity index is 1550. The van der Waals surface area contributed by atoms with Gasteiger partial charge in [0.1, 0.15) is 11.2 Å². The number of carboxylic acids is 1. The summed E-state index contributed by atoms with van der Waals surface area (Å²) < 4.78 is 0. The molecular weight excluding hydrogens is 478 g/mol. The van der Waals surface area contributed by atoms with E-state index in [1.807, 2.05) is 38.2 Å². The predicted molar refractivity (Wildman–Crippen MR) is 136 cm³/mol. The zero-order valence-corrected chi connectivity index (χ0v) is 20.4. The fourth-order valence-electron chi connectivity index (χ4n) is 4.54. The molecule has 4 heterocycles. The molecule has 0 amide bonds. The zero-order chi connectivity index (χ0) is 25.4. The van der Waals surface area contributed by atoms with Crippen molar-refractivity contribution < 1.29 is 9.90 Å². The lowest BCUT2D eigenvalue weighted by Gasteiger charge is -2.30. The Morgan fingerprint density at radius 1 is 1.22 bits per heavy atom. The van der Waals surface area contributed by atoms with E-state index in [0.29, 0.717) is 35.6 Å². The van der Waals surface area contributed by atoms with Gasteiger partial charge in [-0.25, -0.2) is 19.7 Å². The molecule has 1 aliphatic heterocycles. The van der Waals surface area contributed by atoms with Crippen molar-refractivity contribution in [1.82, 2.24) is 19.9 Å². The molecule has 180 valence electrons. The second kappa shape index (κ2) is 9.40. The minimum absolute atomic E-state index is 0.101. The molecule has 9 nitrogen and oxygen atoms in total. The molecule has 4 aromatic rings. The van der Waals surface area contributed by atoms with Crippen molar-refractivity contribution >= 4 is 40.1 Å². The number of aromatic nitrogens is 4. The zero-order valence-electron chi connectivity index (χ0n) is 19.7. The van der Waals surface area contributed by atoms with Crippen LogP contribution in [-0.4, -0.2) is 37.6 Å². The maximum absolute atomic E-state index is 11.7. The maximum atomic E-state index is 11.7. The van der Waals surface area contributed by atoms with Crippen molar-refractivity contribution in [1.29, 1.82) is 5.26 Å². The van der Waals surface area contributed by atoms with Crippen LogP contribution in [-0.2, 0) is 13.0 Å². The average Bonchev–Trinajstić information content (AvgIpc) is 2.87. The molecule has 36 heavy (non-hydrogen) atoms. The van der Waals surface area contributed by atoms with Crippen LogP contribution in [0.25, 0.3) is 11.0 Å². The molecule has 1 atom stereocenters. The molecule has 2 N–H and O–H groups in total. The highest BCUT2D eigenvalue weighted by Gasteiger charge is 2.24. The largest absolute Gasteiger partial charge is 0.476 e. The fourth-order valence-corrected chi connectivity index (χ4v) is 4.69. The minimum Gasteiger partial charge on any atom is -0.476 e. The average molecular weight is 500 g/mol. The van der Waals surface area contributed by atoms with E-state index in [9.17, 15) is 15.2 Å². The molecular formula is C26H22ClN7O2. The highest BCUT2D eigenvalue weighted by molar-refractivity contribution is 6.29. The van der Waals surface area contributed by atoms with E-state index in [-0.39, 0.29) is 22.6 Å². The topological polar surface area (TPSA) is 128 Å². The van der Waals surface area contributed by atoms with Crippen molar-refractivity contribution in [3.8, 4) is 6.07 Å². The lowest BCUT2D eigenvalue weighted by molar-refractivity contribution is 0.0691. The van der Waals surface area contributed by atoms with Gasteiger partial charge in [0.15, 0.2) is 17.2 Å². The number of nitrogens with zero attached hydrogens (tertiary/aromatic N) is 6. The number of carboxylic acid groups (broad SMARTS) is 1. The summed E-state index contributed by atoms with van der Waals surface area (Å²) in [5, 5.41) is 22.8. The number of aromatic carboxylic acids is 1. The first-order chi connectivity index (χ1) is 17.3. The van der Waals surface area contributed by atoms with Crippen LogP contribution in [0.2, 0.25) is 5.15 Å². The Kier molecular flexibility index (Phi) is 6.12. The number of hydrogen-bond acceptors (Lipinski definition) is 8. The Hall–Kier alpha value is -4.29. The Balaban J connectivity index is 1.58. The van der Waals surface area contributed by atoms with Gasteiger partial charge in [-0.2, -0.15) is 5.26 Å². The van der Waals surface area contributed by atoms with Gasteiger partial charge in [0.25, 0.3) is 0 Å². The van der Waals surface area contributed by atoms with Gasteiger partial charge in [-0.05, 0) is 61.2 Å². The van der Waals surface area contributed by atoms with Crippen molar-refractivity contribution in [2.75, 3.05) is 16.8 Å². The molecule has 5 rings (SSSR count). The molecule has 0 fully saturated rings. The Morgan fingerprint density at radius 2 is 2.06 bits per heavy atom. The van der Waals surface area contributed by atoms with Crippen LogP contribution in [0.5, 0.6) is 0 Å². The van der Waals surface area contributed by atoms with Gasteiger partial charge in [0, 0.05) is 31.0 Å². The van der Waals surface area contributed by atoms with Crippen LogP contribution in [0.15, 0.2) is 42.7 Å². The van der Waals surface area contributed by atoms with Crippen LogP contribution < -0.4 is 10.2 Å². The summed E-state index contributed by atoms with van der Waals surface area (Å²) in [6.07, 6.45) is 4.46. The highest BCUT2D eigenvalue weighted by Crippen LogP contribution is 2.32. The van der Waals surface area contributed by atoms with E-state index < -0.39 is 5.97 Å². The first-order valence-electron chi connectivity index (χ1n) is 11.4. The van der Waals surface area contributed by atoms with E-state index in [0.717, 1.165) is 23.1 Å². The van der Waals surface area contributed by atoms with Crippen molar-refractivity contribution in [2.24, 2.45) is 0 Å². The summed E-state index contributed by atoms with van der Waals surface area (Å²) in [4.78, 5) is 31.6. The number of hydrogen-bond donors (Lipinski definition) is 2. The number of aryl methyl sites for hydroxylation is 1. The molecule has 0 spiro atoms. The molecule has 10 heteroatoms. The third-order valence-corrected chi connectivity index (χ3v) is 6.46. The maximum Gasteiger partial charge on any atom is 0.356 e. The number of benzene rings is 1. The number of fused-ring (bicyclic) bond motifs is 2. The number of pyridine rings is 2. The van der Waals surface area contributed by atoms with E-state index in [4.69, 9.17) is 16.6 Å². The van der Waals surface area contributed by atoms with Crippen molar-refractivity contribution in [3.63, 3.8) is 0 Å². The summed E-state index contributed by atoms with van der Waals surface area (Å²) in [6, 6.07) is 10.9. The van der Waals surface area contributed by atoms with Gasteiger partial charge in [-0.3, -0.25) is 4.98 Å². The van der Waals surface area contributed by atoms with Crippen molar-refractivity contribution in [3.05, 3.63) is 81.5 Å². The number of nitrogens with one attached hydrogen (secondary N) is 1. The van der Waals surface area contributed by atoms with E-state index >= 15 is 0 Å². The lowest BCUT2D eigenvalue weighted by Crippen LogP contribution is -2.32. The molecule has 1 aliphatic rings. The number of anilines is 2. The monoisotopic (exact) mass is 499 g/mol. The van der Waals surface area contributed by atoms with Crippen molar-refractivity contribution in [2.45, 2.75) is 32.9 Å². The van der Waals surface area contributed by atoms with Crippen LogP contribution in [0.4, 0.5) is 11.5 Å². The third-order valence-electron chi connectivity index (χ3n) is 6.25. The SMILES string of the molecule is Cc1cc([C@@H](C)Nc2ccc(Cl)nc2C(=O)O)c2nc(N3CCc4ccncc4C3)c(C#N)nc2c1. The summed E-state index contributed by atoms with van der Waals surface area (Å²) in [6.45, 7) is 5.15. The molecule has 0 saturated carbocycles. The fraction of sp³-hybridized carbons (Fsp3) is 0.231. The van der Waals surface area contributed by atoms with Gasteiger partial charge in [0.2, 0.25) is 0 Å². The van der Waals surface area contributed by atoms with Gasteiger partial charge in [-0.15, -0.1) is 0 Å². The summed E-state index contributed by atoms with van der Waals surface area (Å²) in [5.74, 6) is -0.655. The summed E-state index contributed by atoms with van der Waals surface area (Å²) >= 11 is 5.91. The van der Waals surface area contributed by atoms with Crippen LogP contribution in [0.3, 0.4) is 0 Å². The second-order valence-electron chi connectivity index (χ2n) is 8.75. The number of halogens is 1. The van der Waals surface area contributed by atoms with Gasteiger partial charge in [0.05, 0.1) is 22.8 Å². The molecule has 0 bridgehead atoms. The summed E-state index contributed by atoms with van der Waals surface area (Å²) in [5.41, 5.74) is 5.81. The van der Waals surface area contributed by atoms with E-state index in [1.54, 1.807) is 12.3 Å². The Morgan fingerprint density at radius 3 is 2.83 bits per heavy atom. The van der Waals surface area contributed by atoms with E-state index in [2.05, 4.69) is 31.2 Å². The summed E-state index contributed by atoms with van der Waals surface area (Å²) in [7, 11) is 0. The molecule has 0 radical (unpaired) electrons. The molecule has 1 aromatic carbocycles. The second-order valence-corrected chi connectivity index (χ2v) is 9.13. The molecule has 0 saturated heterocycles. The van der Waals surface area contributed by atoms with Gasteiger partial charge >= 0.3 is 5.97 Å². The highest BCUT2D eigenvalue weighted by atomic mass is 35.5. The number of nitriles is 1. The minimum atomic E-state index is -1.18. The van der Waals surface area contributed by atoms with Crippen LogP contribution in [0, 0.1) is 18.3 Å². The number of carbonyl (C=O) groups is 1. The number of rotatable bonds is 5.